The SMILES string of the molecule is Nc1ccc(-n2cc(NC=O)nn2)cc1. The van der Waals surface area contributed by atoms with E-state index in [-0.39, 0.29) is 0 Å². The Morgan fingerprint density at radius 1 is 1.33 bits per heavy atom. The molecule has 3 N–H and O–H groups in total. The van der Waals surface area contributed by atoms with Crippen molar-refractivity contribution in [2.45, 2.75) is 0 Å². The van der Waals surface area contributed by atoms with Gasteiger partial charge in [-0.3, -0.25) is 4.79 Å². The van der Waals surface area contributed by atoms with Crippen LogP contribution in [-0.4, -0.2) is 21.4 Å². The van der Waals surface area contributed by atoms with Crippen molar-refractivity contribution in [1.29, 1.82) is 0 Å². The Bertz CT molecular complexity index is 462. The van der Waals surface area contributed by atoms with Gasteiger partial charge in [-0.1, -0.05) is 5.21 Å². The van der Waals surface area contributed by atoms with Gasteiger partial charge in [0.05, 0.1) is 11.9 Å². The van der Waals surface area contributed by atoms with Gasteiger partial charge in [0.25, 0.3) is 0 Å². The van der Waals surface area contributed by atoms with E-state index in [1.54, 1.807) is 23.0 Å². The number of nitrogens with zero attached hydrogens (tertiary/aromatic N) is 3. The zero-order valence-electron chi connectivity index (χ0n) is 7.79. The van der Waals surface area contributed by atoms with Gasteiger partial charge in [0, 0.05) is 5.69 Å². The number of nitrogens with two attached hydrogens (primary N) is 1. The second-order valence-electron chi connectivity index (χ2n) is 2.90. The highest BCUT2D eigenvalue weighted by molar-refractivity contribution is 5.68. The minimum Gasteiger partial charge on any atom is -0.399 e. The van der Waals surface area contributed by atoms with Gasteiger partial charge < -0.3 is 11.1 Å². The van der Waals surface area contributed by atoms with E-state index in [1.165, 1.54) is 0 Å². The summed E-state index contributed by atoms with van der Waals surface area (Å²) in [5.41, 5.74) is 7.07. The first kappa shape index (κ1) is 9.20. The monoisotopic (exact) mass is 203 g/mol. The molecule has 1 aromatic heterocycles. The van der Waals surface area contributed by atoms with Crippen LogP contribution >= 0.6 is 0 Å². The molecule has 0 saturated carbocycles. The maximum absolute atomic E-state index is 10.2. The van der Waals surface area contributed by atoms with Crippen molar-refractivity contribution in [3.63, 3.8) is 0 Å². The van der Waals surface area contributed by atoms with Crippen LogP contribution in [0.2, 0.25) is 0 Å². The normalized spacial score (nSPS) is 9.87. The largest absolute Gasteiger partial charge is 0.399 e. The van der Waals surface area contributed by atoms with E-state index >= 15 is 0 Å². The number of benzene rings is 1. The van der Waals surface area contributed by atoms with E-state index in [4.69, 9.17) is 5.73 Å². The van der Waals surface area contributed by atoms with Crippen LogP contribution in [0, 0.1) is 0 Å². The molecule has 1 amide bonds. The highest BCUT2D eigenvalue weighted by atomic mass is 16.1. The van der Waals surface area contributed by atoms with Gasteiger partial charge >= 0.3 is 0 Å². The first-order valence-corrected chi connectivity index (χ1v) is 4.28. The molecular weight excluding hydrogens is 194 g/mol. The standard InChI is InChI=1S/C9H9N5O/c10-7-1-3-8(4-2-7)14-5-9(11-6-15)12-13-14/h1-6H,10H2,(H,11,15). The molecule has 0 atom stereocenters. The molecule has 6 heteroatoms. The maximum atomic E-state index is 10.2. The first-order valence-electron chi connectivity index (χ1n) is 4.28. The van der Waals surface area contributed by atoms with Gasteiger partial charge in [-0.15, -0.1) is 5.10 Å². The van der Waals surface area contributed by atoms with E-state index in [9.17, 15) is 4.79 Å². The van der Waals surface area contributed by atoms with Crippen molar-refractivity contribution in [2.75, 3.05) is 11.1 Å². The number of carbonyl (C=O) groups is 1. The van der Waals surface area contributed by atoms with Crippen LogP contribution in [0.4, 0.5) is 11.5 Å². The summed E-state index contributed by atoms with van der Waals surface area (Å²) in [6, 6.07) is 7.16. The third kappa shape index (κ3) is 1.93. The summed E-state index contributed by atoms with van der Waals surface area (Å²) in [4.78, 5) is 10.2. The molecule has 76 valence electrons. The molecule has 2 rings (SSSR count). The van der Waals surface area contributed by atoms with Crippen molar-refractivity contribution in [2.24, 2.45) is 0 Å². The van der Waals surface area contributed by atoms with Crippen LogP contribution in [-0.2, 0) is 4.79 Å². The van der Waals surface area contributed by atoms with Crippen molar-refractivity contribution >= 4 is 17.9 Å². The third-order valence-corrected chi connectivity index (χ3v) is 1.86. The van der Waals surface area contributed by atoms with E-state index in [0.717, 1.165) is 5.69 Å². The molecule has 1 heterocycles. The Hall–Kier alpha value is -2.37. The minimum atomic E-state index is 0.404. The lowest BCUT2D eigenvalue weighted by Gasteiger charge is -1.99. The van der Waals surface area contributed by atoms with Gasteiger partial charge in [0.1, 0.15) is 0 Å². The molecule has 6 nitrogen and oxygen atoms in total. The number of carbonyl (C=O) groups excluding carboxylic acids is 1. The topological polar surface area (TPSA) is 85.8 Å². The van der Waals surface area contributed by atoms with Crippen molar-refractivity contribution in [3.05, 3.63) is 30.5 Å². The number of hydrogen-bond donors (Lipinski definition) is 2. The highest BCUT2D eigenvalue weighted by Crippen LogP contribution is 2.10. The van der Waals surface area contributed by atoms with Gasteiger partial charge in [0.2, 0.25) is 6.41 Å². The van der Waals surface area contributed by atoms with Gasteiger partial charge in [0.15, 0.2) is 5.82 Å². The molecule has 0 saturated heterocycles. The Labute approximate surface area is 85.7 Å². The van der Waals surface area contributed by atoms with E-state index in [2.05, 4.69) is 15.6 Å². The summed E-state index contributed by atoms with van der Waals surface area (Å²) in [7, 11) is 0. The highest BCUT2D eigenvalue weighted by Gasteiger charge is 2.00. The van der Waals surface area contributed by atoms with Gasteiger partial charge in [-0.05, 0) is 24.3 Å². The van der Waals surface area contributed by atoms with Crippen molar-refractivity contribution in [1.82, 2.24) is 15.0 Å². The molecule has 0 spiro atoms. The molecule has 0 bridgehead atoms. The summed E-state index contributed by atoms with van der Waals surface area (Å²) in [6.45, 7) is 0. The van der Waals surface area contributed by atoms with Gasteiger partial charge in [-0.2, -0.15) is 0 Å². The summed E-state index contributed by atoms with van der Waals surface area (Å²) in [5, 5.41) is 9.99. The fourth-order valence-electron chi connectivity index (χ4n) is 1.14. The molecule has 1 aromatic carbocycles. The fraction of sp³-hybridized carbons (Fsp3) is 0. The summed E-state index contributed by atoms with van der Waals surface area (Å²) in [5.74, 6) is 0.404. The molecule has 0 radical (unpaired) electrons. The van der Waals surface area contributed by atoms with Crippen LogP contribution < -0.4 is 11.1 Å². The predicted molar refractivity (Wildman–Crippen MR) is 55.5 cm³/mol. The second-order valence-corrected chi connectivity index (χ2v) is 2.90. The molecule has 15 heavy (non-hydrogen) atoms. The summed E-state index contributed by atoms with van der Waals surface area (Å²) < 4.78 is 1.55. The Balaban J connectivity index is 2.28. The van der Waals surface area contributed by atoms with Gasteiger partial charge in [-0.25, -0.2) is 4.68 Å². The van der Waals surface area contributed by atoms with Crippen molar-refractivity contribution < 1.29 is 4.79 Å². The molecule has 0 fully saturated rings. The van der Waals surface area contributed by atoms with Crippen LogP contribution in [0.15, 0.2) is 30.5 Å². The van der Waals surface area contributed by atoms with E-state index in [0.29, 0.717) is 17.9 Å². The van der Waals surface area contributed by atoms with Crippen LogP contribution in [0.25, 0.3) is 5.69 Å². The summed E-state index contributed by atoms with van der Waals surface area (Å²) >= 11 is 0. The Kier molecular flexibility index (Phi) is 2.32. The lowest BCUT2D eigenvalue weighted by molar-refractivity contribution is -0.105. The van der Waals surface area contributed by atoms with Crippen LogP contribution in [0.5, 0.6) is 0 Å². The number of rotatable bonds is 3. The van der Waals surface area contributed by atoms with E-state index in [1.807, 2.05) is 12.1 Å². The molecule has 0 aliphatic heterocycles. The number of amides is 1. The molecule has 0 unspecified atom stereocenters. The number of aromatic nitrogens is 3. The van der Waals surface area contributed by atoms with E-state index < -0.39 is 0 Å². The third-order valence-electron chi connectivity index (χ3n) is 1.86. The molecule has 0 aliphatic rings. The second kappa shape index (κ2) is 3.79. The quantitative estimate of drug-likeness (QED) is 0.559. The lowest BCUT2D eigenvalue weighted by atomic mass is 10.3. The minimum absolute atomic E-state index is 0.404. The van der Waals surface area contributed by atoms with Crippen LogP contribution in [0.1, 0.15) is 0 Å². The molecule has 0 aliphatic carbocycles. The van der Waals surface area contributed by atoms with Crippen LogP contribution in [0.3, 0.4) is 0 Å². The molecular formula is C9H9N5O. The Morgan fingerprint density at radius 3 is 2.73 bits per heavy atom. The number of nitrogens with one attached hydrogen (secondary N) is 1. The lowest BCUT2D eigenvalue weighted by Crippen LogP contribution is -1.95. The predicted octanol–water partition coefficient (Wildman–Crippen LogP) is 0.418. The number of hydrogen-bond acceptors (Lipinski definition) is 4. The number of nitrogen functional groups attached to an aromatic ring is 1. The number of anilines is 2. The zero-order chi connectivity index (χ0) is 10.7. The van der Waals surface area contributed by atoms with Crippen molar-refractivity contribution in [3.8, 4) is 5.69 Å². The smallest absolute Gasteiger partial charge is 0.212 e. The average molecular weight is 203 g/mol. The summed E-state index contributed by atoms with van der Waals surface area (Å²) in [6.07, 6.45) is 2.16. The average Bonchev–Trinajstić information content (AvgIpc) is 2.68. The zero-order valence-corrected chi connectivity index (χ0v) is 7.79. The first-order chi connectivity index (χ1) is 7.29. The maximum Gasteiger partial charge on any atom is 0.212 e. The molecule has 2 aromatic rings. The Morgan fingerprint density at radius 2 is 2.07 bits per heavy atom. The fourth-order valence-corrected chi connectivity index (χ4v) is 1.14.